The maximum Gasteiger partial charge on any atom is 0.255 e. The van der Waals surface area contributed by atoms with Gasteiger partial charge in [0.1, 0.15) is 5.82 Å². The molecule has 2 heterocycles. The van der Waals surface area contributed by atoms with Crippen molar-refractivity contribution in [2.24, 2.45) is 0 Å². The van der Waals surface area contributed by atoms with Crippen molar-refractivity contribution >= 4 is 17.7 Å². The summed E-state index contributed by atoms with van der Waals surface area (Å²) in [6, 6.07) is 7.90. The van der Waals surface area contributed by atoms with Crippen LogP contribution in [-0.2, 0) is 6.54 Å². The topological polar surface area (TPSA) is 41.4 Å². The van der Waals surface area contributed by atoms with Gasteiger partial charge in [0.05, 0.1) is 5.56 Å². The van der Waals surface area contributed by atoms with Gasteiger partial charge in [-0.25, -0.2) is 4.98 Å². The number of hydrogen-bond acceptors (Lipinski definition) is 4. The number of imidazole rings is 1. The van der Waals surface area contributed by atoms with Crippen molar-refractivity contribution in [2.45, 2.75) is 30.2 Å². The molecule has 0 aliphatic carbocycles. The predicted octanol–water partition coefficient (Wildman–Crippen LogP) is 3.19. The number of benzene rings is 1. The molecule has 3 rings (SSSR count). The number of likely N-dealkylation sites (tertiary alicyclic amines) is 1. The minimum atomic E-state index is 0.144. The van der Waals surface area contributed by atoms with Crippen LogP contribution in [0.15, 0.2) is 41.6 Å². The number of carbonyl (C=O) groups is 1. The smallest absolute Gasteiger partial charge is 0.255 e. The first-order valence-electron chi connectivity index (χ1n) is 9.18. The lowest BCUT2D eigenvalue weighted by molar-refractivity contribution is 0.0699. The first kappa shape index (κ1) is 19.0. The fourth-order valence-electron chi connectivity index (χ4n) is 3.54. The molecule has 0 spiro atoms. The number of hydrogen-bond donors (Lipinski definition) is 0. The van der Waals surface area contributed by atoms with Gasteiger partial charge in [0.2, 0.25) is 0 Å². The highest BCUT2D eigenvalue weighted by Gasteiger charge is 2.28. The van der Waals surface area contributed by atoms with Crippen LogP contribution in [0.4, 0.5) is 0 Å². The van der Waals surface area contributed by atoms with E-state index in [2.05, 4.69) is 34.7 Å². The molecule has 1 aromatic carbocycles. The van der Waals surface area contributed by atoms with Crippen molar-refractivity contribution in [1.29, 1.82) is 0 Å². The van der Waals surface area contributed by atoms with Crippen molar-refractivity contribution < 1.29 is 4.79 Å². The van der Waals surface area contributed by atoms with Crippen LogP contribution in [-0.4, -0.2) is 65.2 Å². The van der Waals surface area contributed by atoms with E-state index in [0.717, 1.165) is 55.3 Å². The highest BCUT2D eigenvalue weighted by Crippen LogP contribution is 2.28. The molecule has 0 saturated carbocycles. The van der Waals surface area contributed by atoms with Crippen LogP contribution in [0.3, 0.4) is 0 Å². The third-order valence-corrected chi connectivity index (χ3v) is 5.74. The van der Waals surface area contributed by atoms with Crippen molar-refractivity contribution in [1.82, 2.24) is 19.4 Å². The van der Waals surface area contributed by atoms with Crippen molar-refractivity contribution in [3.63, 3.8) is 0 Å². The summed E-state index contributed by atoms with van der Waals surface area (Å²) < 4.78 is 2.24. The van der Waals surface area contributed by atoms with E-state index in [1.54, 1.807) is 11.8 Å². The Morgan fingerprint density at radius 2 is 2.15 bits per heavy atom. The average Bonchev–Trinajstić information content (AvgIpc) is 3.14. The van der Waals surface area contributed by atoms with Gasteiger partial charge in [-0.15, -0.1) is 11.8 Å². The van der Waals surface area contributed by atoms with Crippen LogP contribution >= 0.6 is 11.8 Å². The molecule has 0 N–H and O–H groups in total. The fourth-order valence-corrected chi connectivity index (χ4v) is 4.13. The Labute approximate surface area is 160 Å². The zero-order chi connectivity index (χ0) is 18.5. The number of likely N-dealkylation sites (N-methyl/N-ethyl adjacent to an activating group) is 1. The highest BCUT2D eigenvalue weighted by atomic mass is 32.2. The molecular formula is C20H28N4OS. The Bertz CT molecular complexity index is 743. The van der Waals surface area contributed by atoms with Gasteiger partial charge < -0.3 is 14.4 Å². The lowest BCUT2D eigenvalue weighted by Crippen LogP contribution is -2.40. The summed E-state index contributed by atoms with van der Waals surface area (Å²) in [4.78, 5) is 22.9. The van der Waals surface area contributed by atoms with Gasteiger partial charge in [-0.1, -0.05) is 12.1 Å². The molecule has 26 heavy (non-hydrogen) atoms. The standard InChI is InChI=1S/C20H28N4OS/c1-22(2)13-14-23-12-10-21-19(23)16-7-6-11-24(15-16)20(25)17-8-4-5-9-18(17)26-3/h4-5,8-10,12,16H,6-7,11,13-15H2,1-3H3/t16-/m1/s1. The van der Waals surface area contributed by atoms with Crippen LogP contribution in [0.25, 0.3) is 0 Å². The number of thioether (sulfide) groups is 1. The minimum absolute atomic E-state index is 0.144. The predicted molar refractivity (Wildman–Crippen MR) is 107 cm³/mol. The summed E-state index contributed by atoms with van der Waals surface area (Å²) in [5.41, 5.74) is 0.816. The molecule has 1 fully saturated rings. The summed E-state index contributed by atoms with van der Waals surface area (Å²) in [6.45, 7) is 3.50. The third kappa shape index (κ3) is 4.30. The zero-order valence-corrected chi connectivity index (χ0v) is 16.7. The van der Waals surface area contributed by atoms with E-state index < -0.39 is 0 Å². The largest absolute Gasteiger partial charge is 0.338 e. The Kier molecular flexibility index (Phi) is 6.38. The van der Waals surface area contributed by atoms with E-state index in [9.17, 15) is 4.79 Å². The first-order valence-corrected chi connectivity index (χ1v) is 10.4. The number of nitrogens with zero attached hydrogens (tertiary/aromatic N) is 4. The van der Waals surface area contributed by atoms with Crippen molar-refractivity contribution in [2.75, 3.05) is 40.0 Å². The maximum atomic E-state index is 13.1. The Morgan fingerprint density at radius 1 is 1.35 bits per heavy atom. The van der Waals surface area contributed by atoms with E-state index in [-0.39, 0.29) is 5.91 Å². The number of amides is 1. The van der Waals surface area contributed by atoms with Crippen molar-refractivity contribution in [3.05, 3.63) is 48.0 Å². The first-order chi connectivity index (χ1) is 12.6. The fraction of sp³-hybridized carbons (Fsp3) is 0.500. The van der Waals surface area contributed by atoms with Gasteiger partial charge in [0.15, 0.2) is 0 Å². The molecule has 2 aromatic rings. The maximum absolute atomic E-state index is 13.1. The molecule has 1 aliphatic rings. The van der Waals surface area contributed by atoms with E-state index >= 15 is 0 Å². The van der Waals surface area contributed by atoms with E-state index in [1.165, 1.54) is 0 Å². The highest BCUT2D eigenvalue weighted by molar-refractivity contribution is 7.98. The van der Waals surface area contributed by atoms with E-state index in [0.29, 0.717) is 5.92 Å². The molecule has 1 saturated heterocycles. The Balaban J connectivity index is 1.74. The van der Waals surface area contributed by atoms with E-state index in [1.807, 2.05) is 41.6 Å². The summed E-state index contributed by atoms with van der Waals surface area (Å²) in [5.74, 6) is 1.57. The van der Waals surface area contributed by atoms with Gasteiger partial charge in [0.25, 0.3) is 5.91 Å². The number of rotatable bonds is 6. The van der Waals surface area contributed by atoms with Gasteiger partial charge >= 0.3 is 0 Å². The molecule has 1 amide bonds. The van der Waals surface area contributed by atoms with Gasteiger partial charge in [-0.05, 0) is 45.3 Å². The molecule has 0 bridgehead atoms. The van der Waals surface area contributed by atoms with Gasteiger partial charge in [-0.3, -0.25) is 4.79 Å². The van der Waals surface area contributed by atoms with E-state index in [4.69, 9.17) is 0 Å². The molecular weight excluding hydrogens is 344 g/mol. The van der Waals surface area contributed by atoms with Gasteiger partial charge in [-0.2, -0.15) is 0 Å². The number of carbonyl (C=O) groups excluding carboxylic acids is 1. The molecule has 1 aromatic heterocycles. The summed E-state index contributed by atoms with van der Waals surface area (Å²) in [5, 5.41) is 0. The Morgan fingerprint density at radius 3 is 2.92 bits per heavy atom. The number of piperidine rings is 1. The molecule has 0 radical (unpaired) electrons. The van der Waals surface area contributed by atoms with Crippen molar-refractivity contribution in [3.8, 4) is 0 Å². The summed E-state index contributed by atoms with van der Waals surface area (Å²) in [6.07, 6.45) is 8.08. The monoisotopic (exact) mass is 372 g/mol. The summed E-state index contributed by atoms with van der Waals surface area (Å²) in [7, 11) is 4.17. The molecule has 5 nitrogen and oxygen atoms in total. The zero-order valence-electron chi connectivity index (χ0n) is 15.9. The average molecular weight is 373 g/mol. The molecule has 6 heteroatoms. The Hall–Kier alpha value is -1.79. The summed E-state index contributed by atoms with van der Waals surface area (Å²) >= 11 is 1.63. The normalized spacial score (nSPS) is 17.7. The second-order valence-corrected chi connectivity index (χ2v) is 7.92. The lowest BCUT2D eigenvalue weighted by Gasteiger charge is -2.33. The SMILES string of the molecule is CSc1ccccc1C(=O)N1CCC[C@@H](c2nccn2CCN(C)C)C1. The van der Waals surface area contributed by atoms with Crippen LogP contribution in [0, 0.1) is 0 Å². The molecule has 1 aliphatic heterocycles. The second kappa shape index (κ2) is 8.73. The molecule has 140 valence electrons. The van der Waals surface area contributed by atoms with Crippen LogP contribution in [0.5, 0.6) is 0 Å². The van der Waals surface area contributed by atoms with Crippen LogP contribution in [0.1, 0.15) is 34.9 Å². The van der Waals surface area contributed by atoms with Crippen LogP contribution in [0.2, 0.25) is 0 Å². The number of aromatic nitrogens is 2. The lowest BCUT2D eigenvalue weighted by atomic mass is 9.96. The molecule has 0 unspecified atom stereocenters. The minimum Gasteiger partial charge on any atom is -0.338 e. The quantitative estimate of drug-likeness (QED) is 0.731. The molecule has 1 atom stereocenters. The third-order valence-electron chi connectivity index (χ3n) is 4.95. The van der Waals surface area contributed by atoms with Gasteiger partial charge in [0, 0.05) is 49.4 Å². The second-order valence-electron chi connectivity index (χ2n) is 7.07. The van der Waals surface area contributed by atoms with Crippen LogP contribution < -0.4 is 0 Å².